The van der Waals surface area contributed by atoms with Crippen molar-refractivity contribution in [2.24, 2.45) is 0 Å². The normalized spacial score (nSPS) is 12.2. The molecule has 0 atom stereocenters. The lowest BCUT2D eigenvalue weighted by molar-refractivity contribution is 0.0892. The molecule has 18 heteroatoms. The Balaban J connectivity index is 2.02. The summed E-state index contributed by atoms with van der Waals surface area (Å²) < 4.78 is 25.8. The number of carbonyl (C=O) groups is 2. The first-order chi connectivity index (χ1) is 22.8. The molecule has 0 bridgehead atoms. The largest absolute Gasteiger partial charge is 0.496 e. The number of furan rings is 1. The molecule has 0 aliphatic heterocycles. The number of nitrogens with zero attached hydrogens (tertiary/aromatic N) is 2. The monoisotopic (exact) mass is 650 g/mol. The van der Waals surface area contributed by atoms with E-state index in [1.807, 2.05) is 13.0 Å². The minimum Gasteiger partial charge on any atom is -0.496 e. The number of hydrogen-bond donors (Lipinski definition) is 2. The summed E-state index contributed by atoms with van der Waals surface area (Å²) in [4.78, 5) is 29.4. The van der Waals surface area contributed by atoms with Crippen LogP contribution in [-0.4, -0.2) is 109 Å². The minimum absolute atomic E-state index is 0.272. The average Bonchev–Trinajstić information content (AvgIpc) is 3.40. The smallest absolute Gasteiger partial charge is 0.255 e. The molecule has 49 heavy (non-hydrogen) atoms. The highest BCUT2D eigenvalue weighted by atomic mass is 19.1. The summed E-state index contributed by atoms with van der Waals surface area (Å²) in [5.74, 6) is -0.420. The summed E-state index contributed by atoms with van der Waals surface area (Å²) in [5, 5.41) is 15.8. The molecule has 4 aromatic rings. The second kappa shape index (κ2) is 13.6. The maximum absolute atomic E-state index is 14.5. The van der Waals surface area contributed by atoms with Gasteiger partial charge in [0.05, 0.1) is 94.5 Å². The third-order valence-corrected chi connectivity index (χ3v) is 9.53. The number of methoxy groups -OCH3 is 1. The van der Waals surface area contributed by atoms with Gasteiger partial charge in [-0.25, -0.2) is 4.39 Å². The molecule has 8 nitrogen and oxygen atoms in total. The van der Waals surface area contributed by atoms with Gasteiger partial charge in [0.1, 0.15) is 22.9 Å². The van der Waals surface area contributed by atoms with Crippen LogP contribution in [-0.2, 0) is 0 Å². The van der Waals surface area contributed by atoms with Crippen molar-refractivity contribution in [3.63, 3.8) is 0 Å². The molecule has 0 fully saturated rings. The van der Waals surface area contributed by atoms with Crippen molar-refractivity contribution in [3.05, 3.63) is 71.5 Å². The van der Waals surface area contributed by atoms with Crippen molar-refractivity contribution in [2.75, 3.05) is 25.6 Å². The van der Waals surface area contributed by atoms with E-state index in [9.17, 15) is 19.2 Å². The quantitative estimate of drug-likeness (QED) is 0.102. The Morgan fingerprint density at radius 2 is 1.47 bits per heavy atom. The Morgan fingerprint density at radius 3 is 1.96 bits per heavy atom. The zero-order chi connectivity index (χ0) is 36.7. The number of benzene rings is 3. The standard InChI is InChI=1S/C31H40B9FN4O4/c1-4-45(14-42)21-13-23-19(24(27(47)43-2)25(49-23)15-5-8-17(41)9-6-15)12-18(21)16-7-10-22(48-3)20(11-16)26(46)44-28(29(32,33)34,30(35,36)37)31(38,39)40/h5-13H,4,32-40H2,1-3H3,(H,43,47)(H,44,46). The molecule has 0 aliphatic rings. The van der Waals surface area contributed by atoms with E-state index in [1.54, 1.807) is 36.4 Å². The van der Waals surface area contributed by atoms with Gasteiger partial charge < -0.3 is 19.8 Å². The maximum Gasteiger partial charge on any atom is 0.255 e. The molecule has 0 spiro atoms. The molecule has 0 saturated carbocycles. The van der Waals surface area contributed by atoms with Crippen molar-refractivity contribution in [2.45, 2.75) is 27.8 Å². The van der Waals surface area contributed by atoms with Gasteiger partial charge >= 0.3 is 0 Å². The van der Waals surface area contributed by atoms with Gasteiger partial charge in [-0.15, -0.1) is 0 Å². The SMILES string of the molecule is BC(B)(B)C(NC(=O)c1cc(-c2cc3c(C(=O)NC)c(-c4ccc(F)cc4)oc3cc2N(C#N)CC)ccc1OC)(C(B)(B)B)C(B)(B)B. The molecule has 1 aromatic heterocycles. The molecule has 1 heterocycles. The van der Waals surface area contributed by atoms with E-state index in [2.05, 4.69) is 87.4 Å². The van der Waals surface area contributed by atoms with Crippen LogP contribution in [0.15, 0.2) is 59.0 Å². The van der Waals surface area contributed by atoms with E-state index < -0.39 is 11.4 Å². The van der Waals surface area contributed by atoms with Gasteiger partial charge in [-0.1, -0.05) is 21.4 Å². The van der Waals surface area contributed by atoms with Crippen LogP contribution < -0.4 is 20.3 Å². The molecule has 2 N–H and O–H groups in total. The van der Waals surface area contributed by atoms with E-state index >= 15 is 0 Å². The Kier molecular flexibility index (Phi) is 10.4. The van der Waals surface area contributed by atoms with Crippen LogP contribution in [0.4, 0.5) is 10.1 Å². The summed E-state index contributed by atoms with van der Waals surface area (Å²) in [6, 6.07) is 14.6. The topological polar surface area (TPSA) is 108 Å². The van der Waals surface area contributed by atoms with Crippen molar-refractivity contribution < 1.29 is 23.1 Å². The molecule has 0 aliphatic carbocycles. The fourth-order valence-corrected chi connectivity index (χ4v) is 8.26. The zero-order valence-electron chi connectivity index (χ0n) is 30.8. The van der Waals surface area contributed by atoms with Gasteiger partial charge in [0, 0.05) is 36.2 Å². The first kappa shape index (κ1) is 37.6. The number of anilines is 1. The van der Waals surface area contributed by atoms with E-state index in [4.69, 9.17) is 9.15 Å². The molecule has 0 unspecified atom stereocenters. The maximum atomic E-state index is 14.5. The van der Waals surface area contributed by atoms with E-state index in [1.165, 1.54) is 31.2 Å². The first-order valence-corrected chi connectivity index (χ1v) is 16.5. The number of ether oxygens (including phenoxy) is 1. The first-order valence-electron chi connectivity index (χ1n) is 16.5. The summed E-state index contributed by atoms with van der Waals surface area (Å²) in [5.41, 5.74) is 2.62. The van der Waals surface area contributed by atoms with Crippen LogP contribution in [0.5, 0.6) is 5.75 Å². The van der Waals surface area contributed by atoms with Gasteiger partial charge in [0.2, 0.25) is 0 Å². The van der Waals surface area contributed by atoms with E-state index in [0.29, 0.717) is 51.2 Å². The van der Waals surface area contributed by atoms with Crippen LogP contribution in [0.1, 0.15) is 27.6 Å². The van der Waals surface area contributed by atoms with Crippen molar-refractivity contribution in [1.29, 1.82) is 5.26 Å². The van der Waals surface area contributed by atoms with Crippen molar-refractivity contribution >= 4 is 99.1 Å². The molecule has 0 radical (unpaired) electrons. The van der Waals surface area contributed by atoms with Crippen molar-refractivity contribution in [3.8, 4) is 34.4 Å². The number of hydrogen-bond acceptors (Lipinski definition) is 6. The Hall–Kier alpha value is -4.26. The molecule has 242 valence electrons. The highest BCUT2D eigenvalue weighted by molar-refractivity contribution is 6.71. The van der Waals surface area contributed by atoms with Gasteiger partial charge in [-0.2, -0.15) is 5.26 Å². The Morgan fingerprint density at radius 1 is 0.898 bits per heavy atom. The van der Waals surface area contributed by atoms with Gasteiger partial charge in [0.15, 0.2) is 6.19 Å². The molecule has 0 saturated heterocycles. The van der Waals surface area contributed by atoms with Crippen LogP contribution in [0, 0.1) is 17.3 Å². The van der Waals surface area contributed by atoms with Crippen LogP contribution in [0.2, 0.25) is 15.3 Å². The summed E-state index contributed by atoms with van der Waals surface area (Å²) >= 11 is 0. The number of nitrogens with one attached hydrogen (secondary N) is 2. The molecular weight excluding hydrogens is 609 g/mol. The Labute approximate surface area is 296 Å². The minimum atomic E-state index is -0.662. The third kappa shape index (κ3) is 6.69. The summed E-state index contributed by atoms with van der Waals surface area (Å²) in [6.07, 6.45) is 2.24. The van der Waals surface area contributed by atoms with Crippen LogP contribution in [0.25, 0.3) is 33.4 Å². The number of fused-ring (bicyclic) bond motifs is 1. The zero-order valence-corrected chi connectivity index (χ0v) is 30.8. The van der Waals surface area contributed by atoms with Gasteiger partial charge in [0.25, 0.3) is 11.8 Å². The lowest BCUT2D eigenvalue weighted by Gasteiger charge is -2.63. The van der Waals surface area contributed by atoms with Crippen LogP contribution >= 0.6 is 0 Å². The number of carbonyl (C=O) groups excluding carboxylic acids is 2. The number of amides is 2. The third-order valence-electron chi connectivity index (χ3n) is 9.53. The molecule has 3 aromatic carbocycles. The average molecular weight is 649 g/mol. The highest BCUT2D eigenvalue weighted by Crippen LogP contribution is 2.53. The molecule has 4 rings (SSSR count). The predicted octanol–water partition coefficient (Wildman–Crippen LogP) is -3.03. The summed E-state index contributed by atoms with van der Waals surface area (Å²) in [6.45, 7) is 2.22. The lowest BCUT2D eigenvalue weighted by atomic mass is 9.12. The second-order valence-electron chi connectivity index (χ2n) is 15.5. The van der Waals surface area contributed by atoms with Gasteiger partial charge in [-0.05, 0) is 60.5 Å². The highest BCUT2D eigenvalue weighted by Gasteiger charge is 2.56. The fourth-order valence-electron chi connectivity index (χ4n) is 8.26. The number of nitriles is 1. The number of rotatable bonds is 11. The van der Waals surface area contributed by atoms with E-state index in [-0.39, 0.29) is 38.5 Å². The Bertz CT molecular complexity index is 1910. The van der Waals surface area contributed by atoms with Crippen molar-refractivity contribution in [1.82, 2.24) is 10.6 Å². The second-order valence-corrected chi connectivity index (χ2v) is 15.5. The fraction of sp³-hybridized carbons (Fsp3) is 0.258. The lowest BCUT2D eigenvalue weighted by Crippen LogP contribution is -2.71. The predicted molar refractivity (Wildman–Crippen MR) is 221 cm³/mol. The van der Waals surface area contributed by atoms with E-state index in [0.717, 1.165) is 0 Å². The molecule has 2 amide bonds. The number of halogens is 1. The van der Waals surface area contributed by atoms with Crippen LogP contribution in [0.3, 0.4) is 0 Å². The summed E-state index contributed by atoms with van der Waals surface area (Å²) in [7, 11) is 22.4. The molecular formula is C31H40B9FN4O4. The van der Waals surface area contributed by atoms with Gasteiger partial charge in [-0.3, -0.25) is 14.5 Å².